The minimum Gasteiger partial charge on any atom is -0.346 e. The SMILES string of the molecule is Cc1cc(Cn2ccc3c2CCCC3=O)sc1C. The molecular weight excluding hydrogens is 242 g/mol. The molecule has 2 aromatic heterocycles. The summed E-state index contributed by atoms with van der Waals surface area (Å²) in [5, 5.41) is 0. The summed E-state index contributed by atoms with van der Waals surface area (Å²) in [6, 6.07) is 4.25. The smallest absolute Gasteiger partial charge is 0.164 e. The van der Waals surface area contributed by atoms with Gasteiger partial charge in [0, 0.05) is 33.6 Å². The second-order valence-corrected chi connectivity index (χ2v) is 6.37. The van der Waals surface area contributed by atoms with Crippen LogP contribution in [0.25, 0.3) is 0 Å². The van der Waals surface area contributed by atoms with E-state index in [1.807, 2.05) is 17.4 Å². The fourth-order valence-corrected chi connectivity index (χ4v) is 3.68. The Bertz CT molecular complexity index is 587. The molecule has 1 aliphatic rings. The minimum atomic E-state index is 0.313. The van der Waals surface area contributed by atoms with Crippen molar-refractivity contribution < 1.29 is 4.79 Å². The first-order chi connectivity index (χ1) is 8.65. The van der Waals surface area contributed by atoms with Crippen molar-refractivity contribution in [2.45, 2.75) is 39.7 Å². The van der Waals surface area contributed by atoms with E-state index >= 15 is 0 Å². The molecule has 3 rings (SSSR count). The second kappa shape index (κ2) is 4.39. The largest absolute Gasteiger partial charge is 0.346 e. The summed E-state index contributed by atoms with van der Waals surface area (Å²) in [6.07, 6.45) is 4.82. The highest BCUT2D eigenvalue weighted by molar-refractivity contribution is 7.12. The molecule has 18 heavy (non-hydrogen) atoms. The van der Waals surface area contributed by atoms with Gasteiger partial charge in [0.2, 0.25) is 0 Å². The predicted molar refractivity (Wildman–Crippen MR) is 74.6 cm³/mol. The summed E-state index contributed by atoms with van der Waals surface area (Å²) in [5.74, 6) is 0.313. The van der Waals surface area contributed by atoms with Crippen molar-refractivity contribution in [1.82, 2.24) is 4.57 Å². The van der Waals surface area contributed by atoms with Gasteiger partial charge >= 0.3 is 0 Å². The maximum absolute atomic E-state index is 11.8. The highest BCUT2D eigenvalue weighted by Crippen LogP contribution is 2.26. The minimum absolute atomic E-state index is 0.313. The van der Waals surface area contributed by atoms with E-state index in [9.17, 15) is 4.79 Å². The normalized spacial score (nSPS) is 14.9. The number of aryl methyl sites for hydroxylation is 2. The summed E-state index contributed by atoms with van der Waals surface area (Å²) >= 11 is 1.86. The van der Waals surface area contributed by atoms with Gasteiger partial charge in [-0.05, 0) is 44.4 Å². The van der Waals surface area contributed by atoms with Crippen molar-refractivity contribution in [3.63, 3.8) is 0 Å². The number of hydrogen-bond donors (Lipinski definition) is 0. The highest BCUT2D eigenvalue weighted by atomic mass is 32.1. The van der Waals surface area contributed by atoms with Crippen LogP contribution in [-0.2, 0) is 13.0 Å². The third-order valence-corrected chi connectivity index (χ3v) is 4.88. The van der Waals surface area contributed by atoms with Crippen LogP contribution >= 0.6 is 11.3 Å². The Morgan fingerprint density at radius 1 is 1.33 bits per heavy atom. The van der Waals surface area contributed by atoms with E-state index in [1.54, 1.807) is 0 Å². The topological polar surface area (TPSA) is 22.0 Å². The molecule has 0 aromatic carbocycles. The van der Waals surface area contributed by atoms with E-state index in [0.29, 0.717) is 12.2 Å². The van der Waals surface area contributed by atoms with Crippen molar-refractivity contribution in [1.29, 1.82) is 0 Å². The van der Waals surface area contributed by atoms with Crippen molar-refractivity contribution >= 4 is 17.1 Å². The van der Waals surface area contributed by atoms with Crippen molar-refractivity contribution in [2.24, 2.45) is 0 Å². The number of thiophene rings is 1. The Kier molecular flexibility index (Phi) is 2.86. The molecule has 0 unspecified atom stereocenters. The summed E-state index contributed by atoms with van der Waals surface area (Å²) in [7, 11) is 0. The number of nitrogens with zero attached hydrogens (tertiary/aromatic N) is 1. The average Bonchev–Trinajstić information content (AvgIpc) is 2.86. The number of aromatic nitrogens is 1. The van der Waals surface area contributed by atoms with Gasteiger partial charge in [-0.3, -0.25) is 4.79 Å². The Morgan fingerprint density at radius 2 is 2.17 bits per heavy atom. The van der Waals surface area contributed by atoms with Crippen LogP contribution in [0.3, 0.4) is 0 Å². The van der Waals surface area contributed by atoms with E-state index < -0.39 is 0 Å². The molecule has 94 valence electrons. The fourth-order valence-electron chi connectivity index (χ4n) is 2.63. The lowest BCUT2D eigenvalue weighted by atomic mass is 9.97. The summed E-state index contributed by atoms with van der Waals surface area (Å²) in [4.78, 5) is 14.6. The van der Waals surface area contributed by atoms with Gasteiger partial charge in [-0.1, -0.05) is 0 Å². The molecule has 0 saturated heterocycles. The van der Waals surface area contributed by atoms with Gasteiger partial charge in [-0.15, -0.1) is 11.3 Å². The van der Waals surface area contributed by atoms with Crippen molar-refractivity contribution in [3.8, 4) is 0 Å². The number of carbonyl (C=O) groups excluding carboxylic acids is 1. The Balaban J connectivity index is 1.92. The summed E-state index contributed by atoms with van der Waals surface area (Å²) in [5.41, 5.74) is 3.55. The molecule has 0 bridgehead atoms. The van der Waals surface area contributed by atoms with Crippen LogP contribution in [0.1, 0.15) is 44.2 Å². The summed E-state index contributed by atoms with van der Waals surface area (Å²) < 4.78 is 2.25. The maximum Gasteiger partial charge on any atom is 0.164 e. The molecule has 2 nitrogen and oxygen atoms in total. The van der Waals surface area contributed by atoms with Crippen molar-refractivity contribution in [3.05, 3.63) is 44.9 Å². The number of rotatable bonds is 2. The van der Waals surface area contributed by atoms with Gasteiger partial charge in [0.05, 0.1) is 6.54 Å². The van der Waals surface area contributed by atoms with E-state index in [-0.39, 0.29) is 0 Å². The van der Waals surface area contributed by atoms with E-state index in [2.05, 4.69) is 30.7 Å². The standard InChI is InChI=1S/C15H17NOS/c1-10-8-12(18-11(10)2)9-16-7-6-13-14(16)4-3-5-15(13)17/h6-8H,3-5,9H2,1-2H3. The quantitative estimate of drug-likeness (QED) is 0.805. The number of Topliss-reactive ketones (excluding diaryl/α,β-unsaturated/α-hetero) is 1. The predicted octanol–water partition coefficient (Wildman–Crippen LogP) is 3.73. The molecule has 0 radical (unpaired) electrons. The van der Waals surface area contributed by atoms with Gasteiger partial charge < -0.3 is 4.57 Å². The van der Waals surface area contributed by atoms with Crippen LogP contribution in [0.2, 0.25) is 0 Å². The van der Waals surface area contributed by atoms with Gasteiger partial charge in [0.1, 0.15) is 0 Å². The molecular formula is C15H17NOS. The molecule has 0 saturated carbocycles. The maximum atomic E-state index is 11.8. The monoisotopic (exact) mass is 259 g/mol. The number of hydrogen-bond acceptors (Lipinski definition) is 2. The van der Waals surface area contributed by atoms with Crippen LogP contribution in [0.4, 0.5) is 0 Å². The van der Waals surface area contributed by atoms with Crippen LogP contribution in [-0.4, -0.2) is 10.4 Å². The fraction of sp³-hybridized carbons (Fsp3) is 0.400. The van der Waals surface area contributed by atoms with E-state index in [0.717, 1.165) is 24.9 Å². The van der Waals surface area contributed by atoms with Crippen LogP contribution in [0.5, 0.6) is 0 Å². The van der Waals surface area contributed by atoms with Gasteiger partial charge in [-0.25, -0.2) is 0 Å². The zero-order valence-electron chi connectivity index (χ0n) is 10.8. The molecule has 0 aliphatic heterocycles. The molecule has 0 spiro atoms. The third kappa shape index (κ3) is 1.93. The van der Waals surface area contributed by atoms with Gasteiger partial charge in [0.15, 0.2) is 5.78 Å². The van der Waals surface area contributed by atoms with E-state index in [4.69, 9.17) is 0 Å². The Labute approximate surface area is 111 Å². The molecule has 1 aliphatic carbocycles. The number of fused-ring (bicyclic) bond motifs is 1. The van der Waals surface area contributed by atoms with Gasteiger partial charge in [-0.2, -0.15) is 0 Å². The molecule has 2 aromatic rings. The van der Waals surface area contributed by atoms with E-state index in [1.165, 1.54) is 21.0 Å². The first-order valence-corrected chi connectivity index (χ1v) is 7.24. The highest BCUT2D eigenvalue weighted by Gasteiger charge is 2.20. The number of ketones is 1. The average molecular weight is 259 g/mol. The zero-order valence-corrected chi connectivity index (χ0v) is 11.6. The Hall–Kier alpha value is -1.35. The first-order valence-electron chi connectivity index (χ1n) is 6.42. The van der Waals surface area contributed by atoms with Crippen LogP contribution < -0.4 is 0 Å². The van der Waals surface area contributed by atoms with Crippen molar-refractivity contribution in [2.75, 3.05) is 0 Å². The molecule has 0 N–H and O–H groups in total. The lowest BCUT2D eigenvalue weighted by Crippen LogP contribution is -2.13. The molecule has 0 fully saturated rings. The summed E-state index contributed by atoms with van der Waals surface area (Å²) in [6.45, 7) is 5.23. The third-order valence-electron chi connectivity index (χ3n) is 3.74. The molecule has 3 heteroatoms. The first kappa shape index (κ1) is 11.7. The van der Waals surface area contributed by atoms with Crippen LogP contribution in [0, 0.1) is 13.8 Å². The lowest BCUT2D eigenvalue weighted by Gasteiger charge is -2.14. The molecule has 0 atom stereocenters. The molecule has 2 heterocycles. The Morgan fingerprint density at radius 3 is 2.89 bits per heavy atom. The molecule has 0 amide bonds. The number of carbonyl (C=O) groups is 1. The zero-order chi connectivity index (χ0) is 12.7. The van der Waals surface area contributed by atoms with Gasteiger partial charge in [0.25, 0.3) is 0 Å². The van der Waals surface area contributed by atoms with Crippen LogP contribution in [0.15, 0.2) is 18.3 Å². The lowest BCUT2D eigenvalue weighted by molar-refractivity contribution is 0.0972. The second-order valence-electron chi connectivity index (χ2n) is 5.03.